The van der Waals surface area contributed by atoms with E-state index in [-0.39, 0.29) is 18.4 Å². The molecule has 1 amide bonds. The number of likely N-dealkylation sites (tertiary alicyclic amines) is 1. The van der Waals surface area contributed by atoms with Crippen LogP contribution in [-0.2, 0) is 4.79 Å². The zero-order valence-corrected chi connectivity index (χ0v) is 10.7. The van der Waals surface area contributed by atoms with Gasteiger partial charge in [0, 0.05) is 19.5 Å². The topological polar surface area (TPSA) is 46.3 Å². The van der Waals surface area contributed by atoms with Gasteiger partial charge < -0.3 is 5.73 Å². The van der Waals surface area contributed by atoms with E-state index in [1.165, 1.54) is 12.8 Å². The normalized spacial score (nSPS) is 38.4. The molecule has 0 spiro atoms. The monoisotopic (exact) mass is 242 g/mol. The Balaban J connectivity index is 1.81. The lowest BCUT2D eigenvalue weighted by molar-refractivity contribution is -0.122. The number of alkyl halides is 1. The first-order valence-corrected chi connectivity index (χ1v) is 6.64. The van der Waals surface area contributed by atoms with Crippen LogP contribution in [0, 0.1) is 17.8 Å². The number of carbonyl (C=O) groups is 1. The summed E-state index contributed by atoms with van der Waals surface area (Å²) in [7, 11) is 0. The van der Waals surface area contributed by atoms with Crippen LogP contribution in [0.2, 0.25) is 0 Å². The van der Waals surface area contributed by atoms with Gasteiger partial charge in [-0.1, -0.05) is 13.8 Å². The summed E-state index contributed by atoms with van der Waals surface area (Å²) in [6.45, 7) is 5.73. The van der Waals surface area contributed by atoms with Crippen molar-refractivity contribution in [1.29, 1.82) is 0 Å². The third-order valence-electron chi connectivity index (χ3n) is 4.39. The molecule has 4 heteroatoms. The van der Waals surface area contributed by atoms with E-state index in [1.807, 2.05) is 4.90 Å². The Bertz CT molecular complexity index is 289. The molecule has 2 rings (SSSR count). The Kier molecular flexibility index (Phi) is 3.71. The fourth-order valence-electron chi connectivity index (χ4n) is 3.16. The molecule has 3 nitrogen and oxygen atoms in total. The predicted molar refractivity (Wildman–Crippen MR) is 65.1 cm³/mol. The minimum atomic E-state index is -0.881. The van der Waals surface area contributed by atoms with Crippen LogP contribution in [0.5, 0.6) is 0 Å². The zero-order valence-electron chi connectivity index (χ0n) is 10.7. The first kappa shape index (κ1) is 12.8. The molecular formula is C13H23FN2O. The van der Waals surface area contributed by atoms with E-state index in [1.54, 1.807) is 0 Å². The highest BCUT2D eigenvalue weighted by Crippen LogP contribution is 2.40. The molecule has 98 valence electrons. The zero-order chi connectivity index (χ0) is 12.6. The van der Waals surface area contributed by atoms with Crippen molar-refractivity contribution in [3.63, 3.8) is 0 Å². The smallest absolute Gasteiger partial charge is 0.234 e. The second-order valence-corrected chi connectivity index (χ2v) is 6.05. The maximum atomic E-state index is 13.3. The molecule has 1 aliphatic carbocycles. The van der Waals surface area contributed by atoms with Crippen LogP contribution < -0.4 is 5.73 Å². The van der Waals surface area contributed by atoms with Gasteiger partial charge in [-0.25, -0.2) is 4.39 Å². The van der Waals surface area contributed by atoms with Gasteiger partial charge in [0.2, 0.25) is 5.91 Å². The maximum Gasteiger partial charge on any atom is 0.234 e. The summed E-state index contributed by atoms with van der Waals surface area (Å²) in [6, 6.07) is -0.372. The van der Waals surface area contributed by atoms with Crippen molar-refractivity contribution < 1.29 is 9.18 Å². The van der Waals surface area contributed by atoms with Crippen molar-refractivity contribution in [2.24, 2.45) is 23.5 Å². The van der Waals surface area contributed by atoms with Gasteiger partial charge in [-0.3, -0.25) is 9.69 Å². The van der Waals surface area contributed by atoms with Crippen LogP contribution in [0.4, 0.5) is 4.39 Å². The van der Waals surface area contributed by atoms with Crippen molar-refractivity contribution in [3.05, 3.63) is 0 Å². The number of amides is 1. The average molecular weight is 242 g/mol. The summed E-state index contributed by atoms with van der Waals surface area (Å²) in [5, 5.41) is 0. The van der Waals surface area contributed by atoms with E-state index >= 15 is 0 Å². The summed E-state index contributed by atoms with van der Waals surface area (Å²) in [5.74, 6) is 1.82. The number of rotatable bonds is 4. The van der Waals surface area contributed by atoms with Gasteiger partial charge in [-0.15, -0.1) is 0 Å². The number of primary amides is 1. The molecule has 1 heterocycles. The molecule has 0 aromatic rings. The van der Waals surface area contributed by atoms with Gasteiger partial charge in [0.15, 0.2) is 0 Å². The van der Waals surface area contributed by atoms with E-state index in [2.05, 4.69) is 13.8 Å². The molecule has 2 atom stereocenters. The van der Waals surface area contributed by atoms with Crippen molar-refractivity contribution in [1.82, 2.24) is 4.90 Å². The molecule has 1 aliphatic heterocycles. The quantitative estimate of drug-likeness (QED) is 0.813. The fourth-order valence-corrected chi connectivity index (χ4v) is 3.16. The Morgan fingerprint density at radius 3 is 2.59 bits per heavy atom. The molecule has 0 bridgehead atoms. The van der Waals surface area contributed by atoms with Gasteiger partial charge in [0.05, 0.1) is 6.04 Å². The lowest BCUT2D eigenvalue weighted by Gasteiger charge is -2.40. The predicted octanol–water partition coefficient (Wildman–Crippen LogP) is 1.57. The van der Waals surface area contributed by atoms with Gasteiger partial charge in [0.1, 0.15) is 6.17 Å². The molecule has 0 radical (unpaired) electrons. The maximum absolute atomic E-state index is 13.3. The van der Waals surface area contributed by atoms with Crippen LogP contribution in [-0.4, -0.2) is 36.1 Å². The molecule has 0 unspecified atom stereocenters. The minimum absolute atomic E-state index is 0.287. The second-order valence-electron chi connectivity index (χ2n) is 6.05. The number of hydrogen-bond donors (Lipinski definition) is 1. The lowest BCUT2D eigenvalue weighted by atomic mass is 9.69. The van der Waals surface area contributed by atoms with E-state index in [0.29, 0.717) is 12.5 Å². The van der Waals surface area contributed by atoms with Crippen molar-refractivity contribution >= 4 is 5.91 Å². The number of halogens is 1. The summed E-state index contributed by atoms with van der Waals surface area (Å²) in [5.41, 5.74) is 5.31. The summed E-state index contributed by atoms with van der Waals surface area (Å²) >= 11 is 0. The van der Waals surface area contributed by atoms with E-state index in [9.17, 15) is 9.18 Å². The molecule has 17 heavy (non-hydrogen) atoms. The Labute approximate surface area is 103 Å². The number of nitrogens with two attached hydrogens (primary N) is 1. The molecule has 1 saturated heterocycles. The summed E-state index contributed by atoms with van der Waals surface area (Å²) < 4.78 is 13.3. The molecular weight excluding hydrogens is 219 g/mol. The summed E-state index contributed by atoms with van der Waals surface area (Å²) in [6.07, 6.45) is 1.84. The van der Waals surface area contributed by atoms with Crippen molar-refractivity contribution in [3.8, 4) is 0 Å². The Morgan fingerprint density at radius 1 is 1.41 bits per heavy atom. The van der Waals surface area contributed by atoms with Crippen LogP contribution in [0.25, 0.3) is 0 Å². The van der Waals surface area contributed by atoms with Crippen LogP contribution in [0.1, 0.15) is 33.1 Å². The van der Waals surface area contributed by atoms with E-state index in [4.69, 9.17) is 5.73 Å². The first-order valence-electron chi connectivity index (χ1n) is 6.64. The molecule has 2 aliphatic rings. The third-order valence-corrected chi connectivity index (χ3v) is 4.39. The highest BCUT2D eigenvalue weighted by Gasteiger charge is 2.39. The van der Waals surface area contributed by atoms with Gasteiger partial charge in [-0.05, 0) is 30.6 Å². The van der Waals surface area contributed by atoms with Gasteiger partial charge >= 0.3 is 0 Å². The second kappa shape index (κ2) is 4.92. The largest absolute Gasteiger partial charge is 0.368 e. The summed E-state index contributed by atoms with van der Waals surface area (Å²) in [4.78, 5) is 13.2. The Hall–Kier alpha value is -0.640. The third kappa shape index (κ3) is 2.79. The molecule has 0 aromatic heterocycles. The van der Waals surface area contributed by atoms with Crippen molar-refractivity contribution in [2.45, 2.75) is 45.3 Å². The molecule has 2 N–H and O–H groups in total. The standard InChI is InChI=1S/C13H23FN2O/c1-8(2)10-3-9(4-10)6-16-7-11(14)5-12(16)13(15)17/h8-12H,3-7H2,1-2H3,(H2,15,17)/t9?,10?,11-,12+/m1/s1. The van der Waals surface area contributed by atoms with Gasteiger partial charge in [-0.2, -0.15) is 0 Å². The average Bonchev–Trinajstić information content (AvgIpc) is 2.51. The first-order chi connectivity index (χ1) is 7.97. The van der Waals surface area contributed by atoms with E-state index < -0.39 is 6.17 Å². The number of carbonyl (C=O) groups excluding carboxylic acids is 1. The molecule has 2 fully saturated rings. The highest BCUT2D eigenvalue weighted by molar-refractivity contribution is 5.80. The number of hydrogen-bond acceptors (Lipinski definition) is 2. The van der Waals surface area contributed by atoms with Crippen LogP contribution >= 0.6 is 0 Å². The molecule has 0 aromatic carbocycles. The lowest BCUT2D eigenvalue weighted by Crippen LogP contribution is -2.45. The van der Waals surface area contributed by atoms with Crippen LogP contribution in [0.15, 0.2) is 0 Å². The Morgan fingerprint density at radius 2 is 2.06 bits per heavy atom. The van der Waals surface area contributed by atoms with E-state index in [0.717, 1.165) is 18.4 Å². The van der Waals surface area contributed by atoms with Crippen LogP contribution in [0.3, 0.4) is 0 Å². The molecule has 1 saturated carbocycles. The van der Waals surface area contributed by atoms with Gasteiger partial charge in [0.25, 0.3) is 0 Å². The van der Waals surface area contributed by atoms with Crippen molar-refractivity contribution in [2.75, 3.05) is 13.1 Å². The highest BCUT2D eigenvalue weighted by atomic mass is 19.1. The number of nitrogens with zero attached hydrogens (tertiary/aromatic N) is 1. The SMILES string of the molecule is CC(C)C1CC(CN2C[C@H](F)C[C@H]2C(N)=O)C1. The minimum Gasteiger partial charge on any atom is -0.368 e. The fraction of sp³-hybridized carbons (Fsp3) is 0.923.